The number of ether oxygens (including phenoxy) is 1. The molecule has 1 atom stereocenters. The minimum Gasteiger partial charge on any atom is -0.385 e. The molecule has 108 valence electrons. The molecule has 0 saturated heterocycles. The van der Waals surface area contributed by atoms with E-state index in [9.17, 15) is 18.0 Å². The summed E-state index contributed by atoms with van der Waals surface area (Å²) in [5, 5.41) is 0. The first kappa shape index (κ1) is 17.2. The van der Waals surface area contributed by atoms with E-state index in [0.29, 0.717) is 25.9 Å². The minimum absolute atomic E-state index is 0.0658. The van der Waals surface area contributed by atoms with E-state index >= 15 is 0 Å². The van der Waals surface area contributed by atoms with Gasteiger partial charge in [0.25, 0.3) is 0 Å². The molecule has 2 N–H and O–H groups in total. The van der Waals surface area contributed by atoms with Gasteiger partial charge in [-0.1, -0.05) is 6.92 Å². The van der Waals surface area contributed by atoms with Gasteiger partial charge in [-0.05, 0) is 19.3 Å². The number of carbonyl (C=O) groups is 1. The summed E-state index contributed by atoms with van der Waals surface area (Å²) in [6, 6.07) is -0.894. The fraction of sp³-hybridized carbons (Fsp3) is 0.909. The Labute approximate surface area is 105 Å². The molecule has 0 aromatic carbocycles. The van der Waals surface area contributed by atoms with Gasteiger partial charge in [0.1, 0.15) is 6.54 Å². The maximum absolute atomic E-state index is 12.3. The van der Waals surface area contributed by atoms with E-state index < -0.39 is 24.7 Å². The molecular weight excluding hydrogens is 249 g/mol. The van der Waals surface area contributed by atoms with Crippen LogP contribution in [0.1, 0.15) is 26.2 Å². The molecule has 4 nitrogen and oxygen atoms in total. The number of nitrogens with two attached hydrogens (primary N) is 1. The van der Waals surface area contributed by atoms with Crippen LogP contribution in [0.2, 0.25) is 0 Å². The number of carbonyl (C=O) groups excluding carboxylic acids is 1. The van der Waals surface area contributed by atoms with E-state index in [4.69, 9.17) is 10.5 Å². The molecule has 0 aliphatic carbocycles. The Bertz CT molecular complexity index is 247. The van der Waals surface area contributed by atoms with Crippen molar-refractivity contribution in [3.8, 4) is 0 Å². The van der Waals surface area contributed by atoms with Crippen LogP contribution in [0.15, 0.2) is 0 Å². The molecule has 0 aliphatic heterocycles. The van der Waals surface area contributed by atoms with E-state index in [2.05, 4.69) is 0 Å². The standard InChI is InChI=1S/C11H21F3N2O2/c1-3-6-16(8-11(12,13)14)10(17)9(15)5-4-7-18-2/h9H,3-8,15H2,1-2H3. The smallest absolute Gasteiger partial charge is 0.385 e. The van der Waals surface area contributed by atoms with Crippen molar-refractivity contribution in [2.75, 3.05) is 26.8 Å². The van der Waals surface area contributed by atoms with Gasteiger partial charge < -0.3 is 15.4 Å². The first-order chi connectivity index (χ1) is 8.31. The highest BCUT2D eigenvalue weighted by molar-refractivity contribution is 5.81. The highest BCUT2D eigenvalue weighted by Crippen LogP contribution is 2.17. The predicted molar refractivity (Wildman–Crippen MR) is 62.0 cm³/mol. The summed E-state index contributed by atoms with van der Waals surface area (Å²) in [7, 11) is 1.51. The first-order valence-electron chi connectivity index (χ1n) is 5.91. The van der Waals surface area contributed by atoms with Crippen molar-refractivity contribution in [2.24, 2.45) is 5.73 Å². The monoisotopic (exact) mass is 270 g/mol. The number of methoxy groups -OCH3 is 1. The summed E-state index contributed by atoms with van der Waals surface area (Å²) < 4.78 is 41.7. The molecule has 0 bridgehead atoms. The zero-order chi connectivity index (χ0) is 14.2. The number of hydrogen-bond donors (Lipinski definition) is 1. The summed E-state index contributed by atoms with van der Waals surface area (Å²) >= 11 is 0. The Morgan fingerprint density at radius 2 is 2.06 bits per heavy atom. The maximum atomic E-state index is 12.3. The molecule has 0 aliphatic rings. The van der Waals surface area contributed by atoms with E-state index in [-0.39, 0.29) is 6.54 Å². The van der Waals surface area contributed by atoms with Crippen molar-refractivity contribution in [1.29, 1.82) is 0 Å². The van der Waals surface area contributed by atoms with Crippen LogP contribution >= 0.6 is 0 Å². The van der Waals surface area contributed by atoms with Crippen LogP contribution < -0.4 is 5.73 Å². The molecule has 1 unspecified atom stereocenters. The van der Waals surface area contributed by atoms with Crippen molar-refractivity contribution < 1.29 is 22.7 Å². The number of hydrogen-bond acceptors (Lipinski definition) is 3. The summed E-state index contributed by atoms with van der Waals surface area (Å²) in [4.78, 5) is 12.5. The average molecular weight is 270 g/mol. The Kier molecular flexibility index (Phi) is 7.93. The van der Waals surface area contributed by atoms with Crippen LogP contribution in [-0.4, -0.2) is 49.8 Å². The molecule has 0 heterocycles. The lowest BCUT2D eigenvalue weighted by atomic mass is 10.1. The van der Waals surface area contributed by atoms with Gasteiger partial charge in [-0.3, -0.25) is 4.79 Å². The molecule has 0 rings (SSSR count). The van der Waals surface area contributed by atoms with E-state index in [0.717, 1.165) is 4.90 Å². The van der Waals surface area contributed by atoms with Gasteiger partial charge in [-0.25, -0.2) is 0 Å². The Morgan fingerprint density at radius 1 is 1.44 bits per heavy atom. The molecule has 18 heavy (non-hydrogen) atoms. The third-order valence-corrected chi connectivity index (χ3v) is 2.36. The molecule has 0 spiro atoms. The van der Waals surface area contributed by atoms with Gasteiger partial charge in [0.2, 0.25) is 5.91 Å². The highest BCUT2D eigenvalue weighted by atomic mass is 19.4. The number of amides is 1. The fourth-order valence-corrected chi connectivity index (χ4v) is 1.56. The second-order valence-corrected chi connectivity index (χ2v) is 4.12. The summed E-state index contributed by atoms with van der Waals surface area (Å²) in [5.74, 6) is -0.648. The molecular formula is C11H21F3N2O2. The van der Waals surface area contributed by atoms with Gasteiger partial charge in [-0.15, -0.1) is 0 Å². The van der Waals surface area contributed by atoms with Gasteiger partial charge >= 0.3 is 6.18 Å². The Hall–Kier alpha value is -0.820. The molecule has 0 saturated carbocycles. The van der Waals surface area contributed by atoms with Crippen LogP contribution in [0.3, 0.4) is 0 Å². The number of rotatable bonds is 8. The summed E-state index contributed by atoms with van der Waals surface area (Å²) in [5.41, 5.74) is 5.59. The number of nitrogens with zero attached hydrogens (tertiary/aromatic N) is 1. The Morgan fingerprint density at radius 3 is 2.50 bits per heavy atom. The highest BCUT2D eigenvalue weighted by Gasteiger charge is 2.33. The topological polar surface area (TPSA) is 55.6 Å². The quantitative estimate of drug-likeness (QED) is 0.681. The third kappa shape index (κ3) is 7.50. The largest absolute Gasteiger partial charge is 0.406 e. The van der Waals surface area contributed by atoms with Gasteiger partial charge in [0.15, 0.2) is 0 Å². The van der Waals surface area contributed by atoms with Crippen LogP contribution in [0.25, 0.3) is 0 Å². The number of alkyl halides is 3. The molecule has 0 aromatic heterocycles. The van der Waals surface area contributed by atoms with Crippen LogP contribution in [0.5, 0.6) is 0 Å². The normalized spacial score (nSPS) is 13.4. The molecule has 7 heteroatoms. The van der Waals surface area contributed by atoms with Crippen molar-refractivity contribution in [3.63, 3.8) is 0 Å². The zero-order valence-electron chi connectivity index (χ0n) is 10.8. The fourth-order valence-electron chi connectivity index (χ4n) is 1.56. The van der Waals surface area contributed by atoms with E-state index in [1.807, 2.05) is 0 Å². The SMILES string of the molecule is CCCN(CC(F)(F)F)C(=O)C(N)CCCOC. The van der Waals surface area contributed by atoms with Gasteiger partial charge in [0.05, 0.1) is 6.04 Å². The van der Waals surface area contributed by atoms with E-state index in [1.165, 1.54) is 7.11 Å². The molecule has 0 aromatic rings. The lowest BCUT2D eigenvalue weighted by Crippen LogP contribution is -2.47. The van der Waals surface area contributed by atoms with Gasteiger partial charge in [-0.2, -0.15) is 13.2 Å². The van der Waals surface area contributed by atoms with E-state index in [1.54, 1.807) is 6.92 Å². The van der Waals surface area contributed by atoms with Crippen LogP contribution in [0.4, 0.5) is 13.2 Å². The van der Waals surface area contributed by atoms with Crippen LogP contribution in [0, 0.1) is 0 Å². The third-order valence-electron chi connectivity index (χ3n) is 2.36. The molecule has 0 radical (unpaired) electrons. The van der Waals surface area contributed by atoms with Crippen LogP contribution in [-0.2, 0) is 9.53 Å². The Balaban J connectivity index is 4.36. The maximum Gasteiger partial charge on any atom is 0.406 e. The lowest BCUT2D eigenvalue weighted by Gasteiger charge is -2.26. The zero-order valence-corrected chi connectivity index (χ0v) is 10.8. The minimum atomic E-state index is -4.39. The predicted octanol–water partition coefficient (Wildman–Crippen LogP) is 1.54. The van der Waals surface area contributed by atoms with Gasteiger partial charge in [0, 0.05) is 20.3 Å². The second-order valence-electron chi connectivity index (χ2n) is 4.12. The molecule has 1 amide bonds. The summed E-state index contributed by atoms with van der Waals surface area (Å²) in [6.07, 6.45) is -3.05. The van der Waals surface area contributed by atoms with Crippen molar-refractivity contribution in [1.82, 2.24) is 4.90 Å². The number of halogens is 3. The summed E-state index contributed by atoms with van der Waals surface area (Å²) in [6.45, 7) is 0.981. The first-order valence-corrected chi connectivity index (χ1v) is 5.91. The lowest BCUT2D eigenvalue weighted by molar-refractivity contribution is -0.162. The average Bonchev–Trinajstić information content (AvgIpc) is 2.26. The second kappa shape index (κ2) is 8.31. The van der Waals surface area contributed by atoms with Crippen molar-refractivity contribution in [2.45, 2.75) is 38.4 Å². The van der Waals surface area contributed by atoms with Crippen molar-refractivity contribution >= 4 is 5.91 Å². The molecule has 0 fully saturated rings. The van der Waals surface area contributed by atoms with Crippen molar-refractivity contribution in [3.05, 3.63) is 0 Å².